The number of hydrogen-bond donors (Lipinski definition) is 1. The van der Waals surface area contributed by atoms with Crippen LogP contribution in [0.5, 0.6) is 0 Å². The maximum Gasteiger partial charge on any atom is 0.318 e. The van der Waals surface area contributed by atoms with Gasteiger partial charge in [0.2, 0.25) is 5.92 Å². The summed E-state index contributed by atoms with van der Waals surface area (Å²) in [5, 5.41) is 2.65. The van der Waals surface area contributed by atoms with Gasteiger partial charge in [-0.3, -0.25) is 4.79 Å². The van der Waals surface area contributed by atoms with Gasteiger partial charge in [0.05, 0.1) is 6.04 Å². The molecule has 0 aromatic carbocycles. The topological polar surface area (TPSA) is 52.7 Å². The van der Waals surface area contributed by atoms with Crippen LogP contribution in [0.4, 0.5) is 13.6 Å². The molecule has 0 bridgehead atoms. The maximum absolute atomic E-state index is 13.2. The molecule has 1 heterocycles. The number of amides is 3. The molecule has 0 saturated carbocycles. The quantitative estimate of drug-likeness (QED) is 0.786. The first-order valence-electron chi connectivity index (χ1n) is 7.27. The van der Waals surface area contributed by atoms with Crippen LogP contribution in [0.2, 0.25) is 0 Å². The summed E-state index contributed by atoms with van der Waals surface area (Å²) in [7, 11) is 3.18. The smallest absolute Gasteiger partial charge is 0.318 e. The van der Waals surface area contributed by atoms with E-state index in [0.717, 1.165) is 6.92 Å². The fourth-order valence-corrected chi connectivity index (χ4v) is 2.18. The molecule has 1 fully saturated rings. The van der Waals surface area contributed by atoms with E-state index in [1.807, 2.05) is 0 Å². The second-order valence-corrected chi connectivity index (χ2v) is 5.86. The molecule has 0 unspecified atom stereocenters. The first-order chi connectivity index (χ1) is 10.1. The summed E-state index contributed by atoms with van der Waals surface area (Å²) in [6.45, 7) is 3.20. The second-order valence-electron chi connectivity index (χ2n) is 5.86. The van der Waals surface area contributed by atoms with Gasteiger partial charge >= 0.3 is 6.03 Å². The Morgan fingerprint density at radius 3 is 2.32 bits per heavy atom. The highest BCUT2D eigenvalue weighted by atomic mass is 19.3. The lowest BCUT2D eigenvalue weighted by Crippen LogP contribution is -2.48. The summed E-state index contributed by atoms with van der Waals surface area (Å²) < 4.78 is 26.4. The molecule has 0 aliphatic carbocycles. The number of nitrogens with zero attached hydrogens (tertiary/aromatic N) is 2. The van der Waals surface area contributed by atoms with Gasteiger partial charge in [-0.15, -0.1) is 0 Å². The van der Waals surface area contributed by atoms with E-state index in [1.54, 1.807) is 21.0 Å². The SMILES string of the molecule is C[C@@H](C#CC(=O)N(C)C)NC(=O)N1CCC(C(C)(F)F)CC1. The van der Waals surface area contributed by atoms with Crippen LogP contribution >= 0.6 is 0 Å². The van der Waals surface area contributed by atoms with Gasteiger partial charge in [0.15, 0.2) is 0 Å². The first-order valence-corrected chi connectivity index (χ1v) is 7.27. The van der Waals surface area contributed by atoms with Crippen LogP contribution in [0.1, 0.15) is 26.7 Å². The summed E-state index contributed by atoms with van der Waals surface area (Å²) in [4.78, 5) is 26.2. The van der Waals surface area contributed by atoms with Crippen LogP contribution in [0, 0.1) is 17.8 Å². The molecule has 1 N–H and O–H groups in total. The van der Waals surface area contributed by atoms with Gasteiger partial charge in [-0.05, 0) is 32.6 Å². The molecule has 0 radical (unpaired) electrons. The molecular weight excluding hydrogens is 292 g/mol. The third kappa shape index (κ3) is 5.51. The molecule has 5 nitrogen and oxygen atoms in total. The zero-order valence-corrected chi connectivity index (χ0v) is 13.4. The predicted octanol–water partition coefficient (Wildman–Crippen LogP) is 1.54. The summed E-state index contributed by atoms with van der Waals surface area (Å²) in [5.74, 6) is 1.35. The van der Waals surface area contributed by atoms with Crippen LogP contribution in [-0.4, -0.2) is 60.9 Å². The molecule has 124 valence electrons. The van der Waals surface area contributed by atoms with Crippen molar-refractivity contribution in [3.8, 4) is 11.8 Å². The minimum atomic E-state index is -2.70. The number of hydrogen-bond acceptors (Lipinski definition) is 2. The number of rotatable bonds is 2. The van der Waals surface area contributed by atoms with Crippen molar-refractivity contribution < 1.29 is 18.4 Å². The molecule has 0 spiro atoms. The zero-order valence-electron chi connectivity index (χ0n) is 13.4. The molecule has 1 aliphatic heterocycles. The van der Waals surface area contributed by atoms with Crippen molar-refractivity contribution in [2.24, 2.45) is 5.92 Å². The lowest BCUT2D eigenvalue weighted by Gasteiger charge is -2.34. The Balaban J connectivity index is 2.45. The Morgan fingerprint density at radius 1 is 1.32 bits per heavy atom. The molecular formula is C15H23F2N3O2. The van der Waals surface area contributed by atoms with Gasteiger partial charge in [-0.25, -0.2) is 13.6 Å². The monoisotopic (exact) mass is 315 g/mol. The zero-order chi connectivity index (χ0) is 16.9. The van der Waals surface area contributed by atoms with Gasteiger partial charge in [0.25, 0.3) is 5.91 Å². The molecule has 1 aliphatic rings. The van der Waals surface area contributed by atoms with Crippen molar-refractivity contribution >= 4 is 11.9 Å². The largest absolute Gasteiger partial charge is 0.338 e. The summed E-state index contributed by atoms with van der Waals surface area (Å²) in [6, 6.07) is -0.821. The second kappa shape index (κ2) is 7.43. The van der Waals surface area contributed by atoms with Crippen molar-refractivity contribution in [3.63, 3.8) is 0 Å². The first kappa shape index (κ1) is 18.2. The van der Waals surface area contributed by atoms with E-state index < -0.39 is 17.9 Å². The molecule has 0 aromatic rings. The third-order valence-corrected chi connectivity index (χ3v) is 3.64. The Labute approximate surface area is 130 Å². The van der Waals surface area contributed by atoms with Crippen LogP contribution in [0.3, 0.4) is 0 Å². The minimum Gasteiger partial charge on any atom is -0.338 e. The van der Waals surface area contributed by atoms with Crippen molar-refractivity contribution in [1.82, 2.24) is 15.1 Å². The Morgan fingerprint density at radius 2 is 1.86 bits per heavy atom. The Hall–Kier alpha value is -1.84. The number of likely N-dealkylation sites (tertiary alicyclic amines) is 1. The van der Waals surface area contributed by atoms with Crippen molar-refractivity contribution in [2.75, 3.05) is 27.2 Å². The molecule has 1 saturated heterocycles. The van der Waals surface area contributed by atoms with E-state index >= 15 is 0 Å². The average molecular weight is 315 g/mol. The van der Waals surface area contributed by atoms with Crippen molar-refractivity contribution in [2.45, 2.75) is 38.7 Å². The van der Waals surface area contributed by atoms with Crippen LogP contribution < -0.4 is 5.32 Å². The van der Waals surface area contributed by atoms with E-state index in [0.29, 0.717) is 13.1 Å². The van der Waals surface area contributed by atoms with E-state index in [9.17, 15) is 18.4 Å². The van der Waals surface area contributed by atoms with Gasteiger partial charge in [-0.2, -0.15) is 0 Å². The number of urea groups is 1. The van der Waals surface area contributed by atoms with E-state index in [1.165, 1.54) is 9.80 Å². The third-order valence-electron chi connectivity index (χ3n) is 3.64. The molecule has 1 atom stereocenters. The number of carbonyl (C=O) groups is 2. The predicted molar refractivity (Wildman–Crippen MR) is 79.4 cm³/mol. The van der Waals surface area contributed by atoms with Gasteiger partial charge in [-0.1, -0.05) is 5.92 Å². The Kier molecular flexibility index (Phi) is 6.15. The van der Waals surface area contributed by atoms with Crippen LogP contribution in [0.25, 0.3) is 0 Å². The average Bonchev–Trinajstić information content (AvgIpc) is 2.43. The number of carbonyl (C=O) groups excluding carboxylic acids is 2. The normalized spacial score (nSPS) is 17.3. The lowest BCUT2D eigenvalue weighted by atomic mass is 9.91. The van der Waals surface area contributed by atoms with E-state index in [4.69, 9.17) is 0 Å². The summed E-state index contributed by atoms with van der Waals surface area (Å²) in [5.41, 5.74) is 0. The maximum atomic E-state index is 13.2. The number of halogens is 2. The van der Waals surface area contributed by atoms with Gasteiger partial charge in [0, 0.05) is 33.1 Å². The minimum absolute atomic E-state index is 0.288. The number of piperidine rings is 1. The summed E-state index contributed by atoms with van der Waals surface area (Å²) >= 11 is 0. The van der Waals surface area contributed by atoms with Crippen LogP contribution in [0.15, 0.2) is 0 Å². The molecule has 0 aromatic heterocycles. The molecule has 22 heavy (non-hydrogen) atoms. The van der Waals surface area contributed by atoms with E-state index in [2.05, 4.69) is 17.2 Å². The molecule has 1 rings (SSSR count). The lowest BCUT2D eigenvalue weighted by molar-refractivity contribution is -0.122. The highest BCUT2D eigenvalue weighted by molar-refractivity contribution is 5.93. The molecule has 7 heteroatoms. The van der Waals surface area contributed by atoms with Crippen molar-refractivity contribution in [1.29, 1.82) is 0 Å². The summed E-state index contributed by atoms with van der Waals surface area (Å²) in [6.07, 6.45) is 0.576. The van der Waals surface area contributed by atoms with Crippen molar-refractivity contribution in [3.05, 3.63) is 0 Å². The highest BCUT2D eigenvalue weighted by Gasteiger charge is 2.37. The molecule has 3 amide bonds. The highest BCUT2D eigenvalue weighted by Crippen LogP contribution is 2.32. The van der Waals surface area contributed by atoms with Gasteiger partial charge < -0.3 is 15.1 Å². The van der Waals surface area contributed by atoms with Gasteiger partial charge in [0.1, 0.15) is 0 Å². The number of alkyl halides is 2. The number of nitrogens with one attached hydrogen (secondary N) is 1. The Bertz CT molecular complexity index is 469. The fraction of sp³-hybridized carbons (Fsp3) is 0.733. The van der Waals surface area contributed by atoms with Crippen LogP contribution in [-0.2, 0) is 4.79 Å². The van der Waals surface area contributed by atoms with E-state index in [-0.39, 0.29) is 24.8 Å². The standard InChI is InChI=1S/C15H23F2N3O2/c1-11(5-6-13(21)19(3)4)18-14(22)20-9-7-12(8-10-20)15(2,16)17/h11-12H,7-10H2,1-4H3,(H,18,22)/t11-/m0/s1. The fourth-order valence-electron chi connectivity index (χ4n) is 2.18.